The number of amides is 1. The molecule has 3 rings (SSSR count). The van der Waals surface area contributed by atoms with Crippen molar-refractivity contribution >= 4 is 6.09 Å². The van der Waals surface area contributed by atoms with Crippen molar-refractivity contribution in [2.24, 2.45) is 5.84 Å². The molecule has 1 amide bonds. The number of nitrogens with zero attached hydrogens (tertiary/aromatic N) is 2. The van der Waals surface area contributed by atoms with Gasteiger partial charge in [0.1, 0.15) is 0 Å². The molecule has 0 saturated heterocycles. The first kappa shape index (κ1) is 21.4. The van der Waals surface area contributed by atoms with E-state index in [0.29, 0.717) is 13.0 Å². The van der Waals surface area contributed by atoms with Gasteiger partial charge in [-0.3, -0.25) is 10.8 Å². The Labute approximate surface area is 175 Å². The Balaban J connectivity index is 1.59. The molecule has 0 bridgehead atoms. The molecular weight excluding hydrogens is 380 g/mol. The van der Waals surface area contributed by atoms with Crippen molar-refractivity contribution in [2.75, 3.05) is 6.54 Å². The van der Waals surface area contributed by atoms with Crippen LogP contribution in [0.2, 0.25) is 0 Å². The normalized spacial score (nSPS) is 13.0. The van der Waals surface area contributed by atoms with Crippen LogP contribution in [-0.4, -0.2) is 45.0 Å². The molecule has 7 heteroatoms. The number of aliphatic hydroxyl groups is 1. The van der Waals surface area contributed by atoms with Gasteiger partial charge in [-0.25, -0.2) is 9.80 Å². The molecule has 1 aromatic heterocycles. The van der Waals surface area contributed by atoms with Crippen molar-refractivity contribution in [3.8, 4) is 11.3 Å². The maximum absolute atomic E-state index is 11.2. The largest absolute Gasteiger partial charge is 0.465 e. The second-order valence-corrected chi connectivity index (χ2v) is 7.15. The van der Waals surface area contributed by atoms with Gasteiger partial charge in [-0.05, 0) is 29.7 Å². The molecule has 1 heterocycles. The van der Waals surface area contributed by atoms with Gasteiger partial charge in [-0.2, -0.15) is 0 Å². The maximum atomic E-state index is 11.2. The van der Waals surface area contributed by atoms with Crippen LogP contribution in [0.1, 0.15) is 11.1 Å². The molecule has 156 valence electrons. The summed E-state index contributed by atoms with van der Waals surface area (Å²) in [5.74, 6) is 6.10. The number of nitrogens with one attached hydrogen (secondary N) is 1. The highest BCUT2D eigenvalue weighted by Gasteiger charge is 2.23. The number of aliphatic hydroxyl groups excluding tert-OH is 1. The average Bonchev–Trinajstić information content (AvgIpc) is 2.75. The van der Waals surface area contributed by atoms with E-state index in [0.717, 1.165) is 22.4 Å². The van der Waals surface area contributed by atoms with Crippen molar-refractivity contribution in [1.29, 1.82) is 0 Å². The first-order chi connectivity index (χ1) is 14.5. The summed E-state index contributed by atoms with van der Waals surface area (Å²) in [6.45, 7) is 0.546. The number of pyridine rings is 1. The number of hydrogen-bond acceptors (Lipinski definition) is 5. The molecule has 0 unspecified atom stereocenters. The molecule has 2 aromatic carbocycles. The number of carbonyl (C=O) groups is 1. The summed E-state index contributed by atoms with van der Waals surface area (Å²) in [6, 6.07) is 22.4. The van der Waals surface area contributed by atoms with Gasteiger partial charge in [0.25, 0.3) is 0 Å². The van der Waals surface area contributed by atoms with Crippen molar-refractivity contribution in [2.45, 2.75) is 25.1 Å². The second-order valence-electron chi connectivity index (χ2n) is 7.15. The van der Waals surface area contributed by atoms with Crippen molar-refractivity contribution in [3.63, 3.8) is 0 Å². The lowest BCUT2D eigenvalue weighted by Gasteiger charge is -2.27. The zero-order valence-electron chi connectivity index (χ0n) is 16.6. The SMILES string of the molecule is NN(Cc1ccc(-c2ccccn2)cc1)C[C@H](O)[C@H](Cc1ccccc1)NC(=O)O. The number of carboxylic acid groups (broad SMARTS) is 1. The summed E-state index contributed by atoms with van der Waals surface area (Å²) in [7, 11) is 0. The minimum Gasteiger partial charge on any atom is -0.465 e. The van der Waals surface area contributed by atoms with E-state index in [1.165, 1.54) is 5.01 Å². The fourth-order valence-electron chi connectivity index (χ4n) is 3.29. The molecule has 0 aliphatic rings. The van der Waals surface area contributed by atoms with Gasteiger partial charge < -0.3 is 15.5 Å². The highest BCUT2D eigenvalue weighted by Crippen LogP contribution is 2.17. The predicted molar refractivity (Wildman–Crippen MR) is 115 cm³/mol. The van der Waals surface area contributed by atoms with E-state index >= 15 is 0 Å². The van der Waals surface area contributed by atoms with E-state index in [1.54, 1.807) is 6.20 Å². The van der Waals surface area contributed by atoms with Gasteiger partial charge in [-0.1, -0.05) is 60.7 Å². The lowest BCUT2D eigenvalue weighted by molar-refractivity contribution is 0.0746. The fraction of sp³-hybridized carbons (Fsp3) is 0.217. The predicted octanol–water partition coefficient (Wildman–Crippen LogP) is 2.66. The van der Waals surface area contributed by atoms with E-state index in [-0.39, 0.29) is 6.54 Å². The molecule has 0 spiro atoms. The molecule has 30 heavy (non-hydrogen) atoms. The van der Waals surface area contributed by atoms with Crippen LogP contribution < -0.4 is 11.2 Å². The molecule has 5 N–H and O–H groups in total. The molecule has 2 atom stereocenters. The highest BCUT2D eigenvalue weighted by atomic mass is 16.4. The van der Waals surface area contributed by atoms with Gasteiger partial charge in [0, 0.05) is 24.8 Å². The first-order valence-corrected chi connectivity index (χ1v) is 9.72. The molecule has 0 saturated carbocycles. The summed E-state index contributed by atoms with van der Waals surface area (Å²) < 4.78 is 0. The van der Waals surface area contributed by atoms with Crippen LogP contribution >= 0.6 is 0 Å². The quantitative estimate of drug-likeness (QED) is 0.321. The van der Waals surface area contributed by atoms with Crippen molar-refractivity contribution in [1.82, 2.24) is 15.3 Å². The van der Waals surface area contributed by atoms with Gasteiger partial charge in [0.2, 0.25) is 0 Å². The lowest BCUT2D eigenvalue weighted by atomic mass is 10.0. The van der Waals surface area contributed by atoms with Crippen LogP contribution in [0, 0.1) is 0 Å². The van der Waals surface area contributed by atoms with E-state index in [1.807, 2.05) is 72.8 Å². The zero-order valence-corrected chi connectivity index (χ0v) is 16.6. The van der Waals surface area contributed by atoms with Gasteiger partial charge in [-0.15, -0.1) is 0 Å². The summed E-state index contributed by atoms with van der Waals surface area (Å²) in [4.78, 5) is 15.5. The molecule has 3 aromatic rings. The molecule has 0 radical (unpaired) electrons. The van der Waals surface area contributed by atoms with Crippen LogP contribution in [0.5, 0.6) is 0 Å². The van der Waals surface area contributed by atoms with E-state index in [4.69, 9.17) is 10.9 Å². The van der Waals surface area contributed by atoms with Crippen LogP contribution in [0.15, 0.2) is 79.0 Å². The number of hydrogen-bond donors (Lipinski definition) is 4. The smallest absolute Gasteiger partial charge is 0.404 e. The number of benzene rings is 2. The summed E-state index contributed by atoms with van der Waals surface area (Å²) in [6.07, 6.45) is -0.00717. The minimum absolute atomic E-state index is 0.125. The molecule has 0 fully saturated rings. The minimum atomic E-state index is -1.18. The van der Waals surface area contributed by atoms with E-state index in [9.17, 15) is 9.90 Å². The molecule has 0 aliphatic carbocycles. The Bertz CT molecular complexity index is 920. The topological polar surface area (TPSA) is 112 Å². The second kappa shape index (κ2) is 10.5. The Morgan fingerprint density at radius 3 is 2.33 bits per heavy atom. The standard InChI is InChI=1S/C23H26N4O3/c24-27(15-18-9-11-19(12-10-18)20-8-4-5-13-25-20)16-22(28)21(26-23(29)30)14-17-6-2-1-3-7-17/h1-13,21-22,26,28H,14-16,24H2,(H,29,30)/t21-,22-/m0/s1. The molecular formula is C23H26N4O3. The van der Waals surface area contributed by atoms with Crippen LogP contribution in [-0.2, 0) is 13.0 Å². The monoisotopic (exact) mass is 406 g/mol. The van der Waals surface area contributed by atoms with Crippen molar-refractivity contribution in [3.05, 3.63) is 90.1 Å². The Hall–Kier alpha value is -3.26. The molecule has 7 nitrogen and oxygen atoms in total. The molecule has 0 aliphatic heterocycles. The maximum Gasteiger partial charge on any atom is 0.404 e. The highest BCUT2D eigenvalue weighted by molar-refractivity contribution is 5.65. The summed E-state index contributed by atoms with van der Waals surface area (Å²) in [5.41, 5.74) is 3.82. The third-order valence-corrected chi connectivity index (χ3v) is 4.79. The van der Waals surface area contributed by atoms with Gasteiger partial charge in [0.05, 0.1) is 17.8 Å². The van der Waals surface area contributed by atoms with Crippen LogP contribution in [0.4, 0.5) is 4.79 Å². The Morgan fingerprint density at radius 2 is 1.70 bits per heavy atom. The first-order valence-electron chi connectivity index (χ1n) is 9.72. The number of hydrazine groups is 1. The zero-order chi connectivity index (χ0) is 21.3. The van der Waals surface area contributed by atoms with Crippen LogP contribution in [0.25, 0.3) is 11.3 Å². The third-order valence-electron chi connectivity index (χ3n) is 4.79. The summed E-state index contributed by atoms with van der Waals surface area (Å²) in [5, 5.41) is 23.6. The number of aromatic nitrogens is 1. The Morgan fingerprint density at radius 1 is 1.00 bits per heavy atom. The van der Waals surface area contributed by atoms with Gasteiger partial charge >= 0.3 is 6.09 Å². The van der Waals surface area contributed by atoms with Crippen LogP contribution in [0.3, 0.4) is 0 Å². The lowest BCUT2D eigenvalue weighted by Crippen LogP contribution is -2.50. The third kappa shape index (κ3) is 6.38. The van der Waals surface area contributed by atoms with E-state index < -0.39 is 18.2 Å². The van der Waals surface area contributed by atoms with Crippen molar-refractivity contribution < 1.29 is 15.0 Å². The number of nitrogens with two attached hydrogens (primary N) is 1. The average molecular weight is 406 g/mol. The summed E-state index contributed by atoms with van der Waals surface area (Å²) >= 11 is 0. The van der Waals surface area contributed by atoms with Gasteiger partial charge in [0.15, 0.2) is 0 Å². The number of rotatable bonds is 9. The van der Waals surface area contributed by atoms with E-state index in [2.05, 4.69) is 10.3 Å². The Kier molecular flexibility index (Phi) is 7.51. The fourth-order valence-corrected chi connectivity index (χ4v) is 3.29.